The number of halogens is 2. The zero-order chi connectivity index (χ0) is 42.3. The van der Waals surface area contributed by atoms with Crippen LogP contribution in [0.3, 0.4) is 0 Å². The summed E-state index contributed by atoms with van der Waals surface area (Å²) < 4.78 is 47.1. The molecule has 4 amide bonds. The fourth-order valence-corrected chi connectivity index (χ4v) is 8.10. The zero-order valence-electron chi connectivity index (χ0n) is 34.0. The summed E-state index contributed by atoms with van der Waals surface area (Å²) in [7, 11) is 4.31. The summed E-state index contributed by atoms with van der Waals surface area (Å²) in [5.74, 6) is -0.814. The summed E-state index contributed by atoms with van der Waals surface area (Å²) in [4.78, 5) is 71.1. The number of H-pyrrole nitrogens is 2. The summed E-state index contributed by atoms with van der Waals surface area (Å²) >= 11 is 0. The highest BCUT2D eigenvalue weighted by Crippen LogP contribution is 2.48. The number of rotatable bonds is 10. The maximum absolute atomic E-state index is 15.7. The molecule has 2 fully saturated rings. The molecule has 314 valence electrons. The number of methoxy groups -OCH3 is 2. The largest absolute Gasteiger partial charge is 0.453 e. The number of nitrogens with zero attached hydrogens (tertiary/aromatic N) is 5. The number of carbonyl (C=O) groups excluding carboxylic acids is 4. The lowest BCUT2D eigenvalue weighted by Gasteiger charge is -2.30. The molecular formula is C41H49F2N9O7. The van der Waals surface area contributed by atoms with E-state index in [0.29, 0.717) is 84.4 Å². The van der Waals surface area contributed by atoms with Crippen LogP contribution in [-0.4, -0.2) is 100 Å². The summed E-state index contributed by atoms with van der Waals surface area (Å²) in [5, 5.41) is 5.24. The van der Waals surface area contributed by atoms with Gasteiger partial charge in [-0.2, -0.15) is 8.78 Å². The zero-order valence-corrected chi connectivity index (χ0v) is 34.0. The molecule has 2 aromatic carbocycles. The summed E-state index contributed by atoms with van der Waals surface area (Å²) in [6, 6.07) is 7.68. The van der Waals surface area contributed by atoms with Crippen LogP contribution in [0.15, 0.2) is 36.4 Å². The number of fused-ring (bicyclic) bond motifs is 2. The number of ether oxygens (including phenoxy) is 3. The number of aromatic nitrogens is 4. The Balaban J connectivity index is 1.09. The first-order chi connectivity index (χ1) is 28.2. The minimum atomic E-state index is -0.825. The van der Waals surface area contributed by atoms with Gasteiger partial charge in [-0.15, -0.1) is 0 Å². The Hall–Kier alpha value is -6.20. The number of amides is 4. The Morgan fingerprint density at radius 2 is 1.20 bits per heavy atom. The molecule has 4 aromatic rings. The maximum Gasteiger partial charge on any atom is 0.407 e. The predicted molar refractivity (Wildman–Crippen MR) is 212 cm³/mol. The van der Waals surface area contributed by atoms with Gasteiger partial charge in [0.15, 0.2) is 11.5 Å². The molecule has 7 rings (SSSR count). The van der Waals surface area contributed by atoms with Crippen LogP contribution in [0.5, 0.6) is 11.5 Å². The lowest BCUT2D eigenvalue weighted by molar-refractivity contribution is -0.136. The number of anilines is 2. The van der Waals surface area contributed by atoms with Crippen LogP contribution >= 0.6 is 0 Å². The molecule has 16 nitrogen and oxygen atoms in total. The van der Waals surface area contributed by atoms with Crippen LogP contribution in [0.25, 0.3) is 22.5 Å². The van der Waals surface area contributed by atoms with Crippen molar-refractivity contribution in [2.24, 2.45) is 11.8 Å². The van der Waals surface area contributed by atoms with Crippen LogP contribution in [-0.2, 0) is 19.1 Å². The number of carbonyl (C=O) groups is 4. The quantitative estimate of drug-likeness (QED) is 0.134. The molecule has 0 saturated carbocycles. The van der Waals surface area contributed by atoms with Crippen LogP contribution in [0.2, 0.25) is 0 Å². The molecule has 4 N–H and O–H groups in total. The van der Waals surface area contributed by atoms with Crippen molar-refractivity contribution >= 4 is 35.4 Å². The topological polar surface area (TPSA) is 187 Å². The molecule has 4 atom stereocenters. The van der Waals surface area contributed by atoms with E-state index < -0.39 is 48.2 Å². The molecule has 2 saturated heterocycles. The Morgan fingerprint density at radius 3 is 1.68 bits per heavy atom. The molecule has 18 heteroatoms. The Morgan fingerprint density at radius 1 is 0.729 bits per heavy atom. The molecule has 0 aliphatic carbocycles. The Labute approximate surface area is 340 Å². The first-order valence-electron chi connectivity index (χ1n) is 19.7. The van der Waals surface area contributed by atoms with Gasteiger partial charge in [0.25, 0.3) is 0 Å². The molecular weight excluding hydrogens is 769 g/mol. The number of hydrogen-bond donors (Lipinski definition) is 4. The van der Waals surface area contributed by atoms with Crippen molar-refractivity contribution < 1.29 is 42.2 Å². The molecule has 3 aliphatic rings. The van der Waals surface area contributed by atoms with Crippen molar-refractivity contribution in [1.82, 2.24) is 40.4 Å². The van der Waals surface area contributed by atoms with Crippen molar-refractivity contribution in [3.8, 4) is 34.0 Å². The number of alkyl carbamates (subject to hydrolysis) is 2. The van der Waals surface area contributed by atoms with E-state index in [0.717, 1.165) is 0 Å². The lowest BCUT2D eigenvalue weighted by Crippen LogP contribution is -2.51. The minimum Gasteiger partial charge on any atom is -0.453 e. The number of hydrogen-bond acceptors (Lipinski definition) is 10. The highest BCUT2D eigenvalue weighted by atomic mass is 19.1. The number of likely N-dealkylation sites (tertiary alicyclic amines) is 2. The first kappa shape index (κ1) is 41.0. The molecule has 0 bridgehead atoms. The van der Waals surface area contributed by atoms with Crippen molar-refractivity contribution in [1.29, 1.82) is 0 Å². The lowest BCUT2D eigenvalue weighted by atomic mass is 10.0. The van der Waals surface area contributed by atoms with Crippen LogP contribution in [0.4, 0.5) is 29.7 Å². The molecule has 5 heterocycles. The number of aromatic amines is 2. The van der Waals surface area contributed by atoms with Gasteiger partial charge in [-0.05, 0) is 67.9 Å². The third kappa shape index (κ3) is 7.87. The molecule has 2 aromatic heterocycles. The van der Waals surface area contributed by atoms with E-state index >= 15 is 8.78 Å². The van der Waals surface area contributed by atoms with E-state index in [1.807, 2.05) is 39.6 Å². The smallest absolute Gasteiger partial charge is 0.407 e. The molecule has 0 radical (unpaired) electrons. The fraction of sp³-hybridized carbons (Fsp3) is 0.463. The highest BCUT2D eigenvalue weighted by Gasteiger charge is 2.40. The SMILES string of the molecule is COC(=O)N[C@@H](C(=O)N1CCC[C@@H]1c1nc(-c2ccc3c(c2)Oc2ccc(-c4nc([C@@H]5CCCN5C(=O)[C@H](NC(=O)OC)C(C)C)[nH]c4F)cc2N3C)c(F)[nH]1)C(C)C. The molecule has 59 heavy (non-hydrogen) atoms. The van der Waals surface area contributed by atoms with Crippen molar-refractivity contribution in [3.63, 3.8) is 0 Å². The van der Waals surface area contributed by atoms with Crippen LogP contribution < -0.4 is 20.3 Å². The average Bonchev–Trinajstić information content (AvgIpc) is 4.04. The van der Waals surface area contributed by atoms with Crippen LogP contribution in [0.1, 0.15) is 77.1 Å². The standard InChI is InChI=1S/C41H49F2N9O7/c1-20(2)30(46-40(55)57-6)38(53)51-16-8-10-25(51)36-44-32(34(42)48-36)22-13-15-28-27(18-22)50(5)24-14-12-23(19-29(24)59-28)33-35(43)49-37(45-33)26-11-9-17-52(26)39(54)31(21(3)4)47-41(56)58-7/h12-15,18-21,25-26,30-31H,8-11,16-17H2,1-7H3,(H,44,48)(H,45,49)(H,46,55)(H,47,56)/t25-,26+,30+,31+/m0/s1. The van der Waals surface area contributed by atoms with Gasteiger partial charge in [-0.1, -0.05) is 33.8 Å². The average molecular weight is 818 g/mol. The monoisotopic (exact) mass is 817 g/mol. The number of benzene rings is 2. The second kappa shape index (κ2) is 16.6. The van der Waals surface area contributed by atoms with E-state index in [4.69, 9.17) is 14.2 Å². The maximum atomic E-state index is 15.7. The summed E-state index contributed by atoms with van der Waals surface area (Å²) in [5.41, 5.74) is 2.38. The van der Waals surface area contributed by atoms with E-state index in [1.165, 1.54) is 14.2 Å². The fourth-order valence-electron chi connectivity index (χ4n) is 8.10. The summed E-state index contributed by atoms with van der Waals surface area (Å²) in [6.07, 6.45) is 1.08. The van der Waals surface area contributed by atoms with Gasteiger partial charge in [0, 0.05) is 31.3 Å². The summed E-state index contributed by atoms with van der Waals surface area (Å²) in [6.45, 7) is 8.16. The minimum absolute atomic E-state index is 0.0642. The van der Waals surface area contributed by atoms with E-state index in [2.05, 4.69) is 30.6 Å². The van der Waals surface area contributed by atoms with Gasteiger partial charge in [0.05, 0.1) is 37.7 Å². The Kier molecular flexibility index (Phi) is 11.5. The third-order valence-electron chi connectivity index (χ3n) is 11.3. The Bertz CT molecular complexity index is 2260. The highest BCUT2D eigenvalue weighted by molar-refractivity contribution is 5.88. The van der Waals surface area contributed by atoms with Crippen LogP contribution in [0, 0.1) is 23.7 Å². The van der Waals surface area contributed by atoms with Gasteiger partial charge < -0.3 is 49.5 Å². The number of nitrogens with one attached hydrogen (secondary N) is 4. The van der Waals surface area contributed by atoms with E-state index in [9.17, 15) is 19.2 Å². The second-order valence-electron chi connectivity index (χ2n) is 15.7. The van der Waals surface area contributed by atoms with Gasteiger partial charge in [0.2, 0.25) is 23.7 Å². The van der Waals surface area contributed by atoms with E-state index in [1.54, 1.807) is 46.2 Å². The van der Waals surface area contributed by atoms with Gasteiger partial charge in [-0.25, -0.2) is 19.6 Å². The predicted octanol–water partition coefficient (Wildman–Crippen LogP) is 6.71. The molecule has 0 unspecified atom stereocenters. The first-order valence-corrected chi connectivity index (χ1v) is 19.7. The van der Waals surface area contributed by atoms with Crippen molar-refractivity contribution in [2.75, 3.05) is 39.3 Å². The van der Waals surface area contributed by atoms with Crippen molar-refractivity contribution in [2.45, 2.75) is 77.5 Å². The van der Waals surface area contributed by atoms with E-state index in [-0.39, 0.29) is 35.0 Å². The molecule has 0 spiro atoms. The second-order valence-corrected chi connectivity index (χ2v) is 15.7. The molecule has 3 aliphatic heterocycles. The third-order valence-corrected chi connectivity index (χ3v) is 11.3. The van der Waals surface area contributed by atoms with Gasteiger partial charge >= 0.3 is 12.2 Å². The van der Waals surface area contributed by atoms with Gasteiger partial charge in [-0.3, -0.25) is 9.59 Å². The van der Waals surface area contributed by atoms with Gasteiger partial charge in [0.1, 0.15) is 35.1 Å². The van der Waals surface area contributed by atoms with Crippen molar-refractivity contribution in [3.05, 3.63) is 59.9 Å². The number of imidazole rings is 2. The normalized spacial score (nSPS) is 18.3.